The molecular weight excluding hydrogens is 240 g/mol. The van der Waals surface area contributed by atoms with Crippen molar-refractivity contribution in [1.29, 1.82) is 0 Å². The van der Waals surface area contributed by atoms with Crippen molar-refractivity contribution < 1.29 is 9.47 Å². The van der Waals surface area contributed by atoms with E-state index < -0.39 is 0 Å². The number of nitrogens with zero attached hydrogens (tertiary/aromatic N) is 1. The van der Waals surface area contributed by atoms with Gasteiger partial charge in [-0.25, -0.2) is 0 Å². The molecule has 4 nitrogen and oxygen atoms in total. The summed E-state index contributed by atoms with van der Waals surface area (Å²) in [6.07, 6.45) is 5.00. The predicted octanol–water partition coefficient (Wildman–Crippen LogP) is 1.89. The molecule has 0 amide bonds. The van der Waals surface area contributed by atoms with Crippen LogP contribution in [0, 0.1) is 0 Å². The molecule has 1 aliphatic heterocycles. The summed E-state index contributed by atoms with van der Waals surface area (Å²) in [6, 6.07) is 1.38. The lowest BCUT2D eigenvalue weighted by Crippen LogP contribution is -2.34. The molecule has 0 bridgehead atoms. The molecule has 0 saturated carbocycles. The van der Waals surface area contributed by atoms with Crippen LogP contribution in [-0.2, 0) is 9.47 Å². The van der Waals surface area contributed by atoms with Gasteiger partial charge in [-0.1, -0.05) is 0 Å². The van der Waals surface area contributed by atoms with Gasteiger partial charge in [-0.2, -0.15) is 0 Å². The van der Waals surface area contributed by atoms with Crippen molar-refractivity contribution in [3.8, 4) is 0 Å². The Morgan fingerprint density at radius 2 is 2.00 bits per heavy atom. The van der Waals surface area contributed by atoms with Gasteiger partial charge in [0.1, 0.15) is 0 Å². The maximum absolute atomic E-state index is 5.46. The van der Waals surface area contributed by atoms with Gasteiger partial charge in [-0.3, -0.25) is 0 Å². The average molecular weight is 272 g/mol. The number of nitrogens with one attached hydrogen (secondary N) is 1. The van der Waals surface area contributed by atoms with Gasteiger partial charge >= 0.3 is 0 Å². The monoisotopic (exact) mass is 272 g/mol. The lowest BCUT2D eigenvalue weighted by Gasteiger charge is -2.24. The summed E-state index contributed by atoms with van der Waals surface area (Å²) >= 11 is 0. The van der Waals surface area contributed by atoms with Crippen molar-refractivity contribution in [2.75, 3.05) is 46.6 Å². The zero-order valence-electron chi connectivity index (χ0n) is 13.0. The van der Waals surface area contributed by atoms with Crippen LogP contribution < -0.4 is 5.32 Å². The minimum Gasteiger partial charge on any atom is -0.382 e. The van der Waals surface area contributed by atoms with Crippen LogP contribution in [0.25, 0.3) is 0 Å². The standard InChI is InChI=1S/C15H32N2O2/c1-14(2)17-9-4-6-15(7-10-17)16-8-5-11-19-13-12-18-3/h14-16H,4-13H2,1-3H3. The zero-order chi connectivity index (χ0) is 13.9. The summed E-state index contributed by atoms with van der Waals surface area (Å²) in [5.74, 6) is 0. The highest BCUT2D eigenvalue weighted by Gasteiger charge is 2.17. The average Bonchev–Trinajstić information content (AvgIpc) is 2.63. The van der Waals surface area contributed by atoms with Crippen LogP contribution in [0.15, 0.2) is 0 Å². The first-order chi connectivity index (χ1) is 9.24. The van der Waals surface area contributed by atoms with Crippen molar-refractivity contribution in [2.45, 2.75) is 51.6 Å². The number of hydrogen-bond acceptors (Lipinski definition) is 4. The zero-order valence-corrected chi connectivity index (χ0v) is 13.0. The van der Waals surface area contributed by atoms with Gasteiger partial charge in [0.15, 0.2) is 0 Å². The van der Waals surface area contributed by atoms with Gasteiger partial charge < -0.3 is 19.7 Å². The van der Waals surface area contributed by atoms with Crippen LogP contribution in [0.2, 0.25) is 0 Å². The predicted molar refractivity (Wildman–Crippen MR) is 79.7 cm³/mol. The maximum atomic E-state index is 5.46. The summed E-state index contributed by atoms with van der Waals surface area (Å²) in [5, 5.41) is 3.67. The number of rotatable bonds is 9. The minimum absolute atomic E-state index is 0.688. The van der Waals surface area contributed by atoms with E-state index in [9.17, 15) is 0 Å². The summed E-state index contributed by atoms with van der Waals surface area (Å²) in [7, 11) is 1.71. The highest BCUT2D eigenvalue weighted by molar-refractivity contribution is 4.76. The highest BCUT2D eigenvalue weighted by atomic mass is 16.5. The first-order valence-electron chi connectivity index (χ1n) is 7.78. The van der Waals surface area contributed by atoms with E-state index in [1.165, 1.54) is 32.4 Å². The summed E-state index contributed by atoms with van der Waals surface area (Å²) in [6.45, 7) is 10.4. The third-order valence-electron chi connectivity index (χ3n) is 3.82. The number of hydrogen-bond donors (Lipinski definition) is 1. The van der Waals surface area contributed by atoms with E-state index in [1.807, 2.05) is 0 Å². The topological polar surface area (TPSA) is 33.7 Å². The van der Waals surface area contributed by atoms with Crippen molar-refractivity contribution in [1.82, 2.24) is 10.2 Å². The minimum atomic E-state index is 0.688. The Balaban J connectivity index is 2.00. The van der Waals surface area contributed by atoms with Crippen LogP contribution in [-0.4, -0.2) is 63.5 Å². The van der Waals surface area contributed by atoms with Crippen molar-refractivity contribution in [2.24, 2.45) is 0 Å². The molecule has 4 heteroatoms. The molecule has 1 unspecified atom stereocenters. The Morgan fingerprint density at radius 3 is 2.74 bits per heavy atom. The third kappa shape index (κ3) is 7.88. The van der Waals surface area contributed by atoms with Crippen LogP contribution >= 0.6 is 0 Å². The molecule has 0 aromatic carbocycles. The molecule has 1 N–H and O–H groups in total. The largest absolute Gasteiger partial charge is 0.382 e. The van der Waals surface area contributed by atoms with E-state index in [1.54, 1.807) is 7.11 Å². The lowest BCUT2D eigenvalue weighted by atomic mass is 10.1. The second kappa shape index (κ2) is 10.6. The Kier molecular flexibility index (Phi) is 9.43. The molecule has 0 spiro atoms. The number of methoxy groups -OCH3 is 1. The fourth-order valence-electron chi connectivity index (χ4n) is 2.56. The second-order valence-electron chi connectivity index (χ2n) is 5.67. The molecule has 0 aliphatic carbocycles. The molecule has 0 aromatic heterocycles. The van der Waals surface area contributed by atoms with Crippen LogP contribution in [0.1, 0.15) is 39.5 Å². The second-order valence-corrected chi connectivity index (χ2v) is 5.67. The molecule has 0 aromatic rings. The maximum Gasteiger partial charge on any atom is 0.0700 e. The molecular formula is C15H32N2O2. The van der Waals surface area contributed by atoms with Crippen LogP contribution in [0.4, 0.5) is 0 Å². The summed E-state index contributed by atoms with van der Waals surface area (Å²) < 4.78 is 10.4. The van der Waals surface area contributed by atoms with E-state index in [4.69, 9.17) is 9.47 Å². The first kappa shape index (κ1) is 16.9. The van der Waals surface area contributed by atoms with Crippen LogP contribution in [0.5, 0.6) is 0 Å². The van der Waals surface area contributed by atoms with Gasteiger partial charge in [0.05, 0.1) is 13.2 Å². The smallest absolute Gasteiger partial charge is 0.0700 e. The van der Waals surface area contributed by atoms with Gasteiger partial charge in [0.25, 0.3) is 0 Å². The van der Waals surface area contributed by atoms with Gasteiger partial charge in [-0.05, 0) is 59.2 Å². The molecule has 1 rings (SSSR count). The first-order valence-corrected chi connectivity index (χ1v) is 7.78. The van der Waals surface area contributed by atoms with E-state index in [0.717, 1.165) is 19.6 Å². The Hall–Kier alpha value is -0.160. The molecule has 19 heavy (non-hydrogen) atoms. The fraction of sp³-hybridized carbons (Fsp3) is 1.00. The molecule has 1 atom stereocenters. The van der Waals surface area contributed by atoms with E-state index in [0.29, 0.717) is 25.3 Å². The molecule has 1 aliphatic rings. The molecule has 114 valence electrons. The molecule has 0 radical (unpaired) electrons. The van der Waals surface area contributed by atoms with Gasteiger partial charge in [0.2, 0.25) is 0 Å². The van der Waals surface area contributed by atoms with Crippen molar-refractivity contribution >= 4 is 0 Å². The SMILES string of the molecule is COCCOCCCNC1CCCN(C(C)C)CC1. The van der Waals surface area contributed by atoms with Gasteiger partial charge in [-0.15, -0.1) is 0 Å². The van der Waals surface area contributed by atoms with Crippen molar-refractivity contribution in [3.05, 3.63) is 0 Å². The van der Waals surface area contributed by atoms with E-state index in [2.05, 4.69) is 24.1 Å². The Morgan fingerprint density at radius 1 is 1.16 bits per heavy atom. The highest BCUT2D eigenvalue weighted by Crippen LogP contribution is 2.13. The molecule has 1 fully saturated rings. The summed E-state index contributed by atoms with van der Waals surface area (Å²) in [4.78, 5) is 2.59. The van der Waals surface area contributed by atoms with E-state index in [-0.39, 0.29) is 0 Å². The molecule has 1 heterocycles. The van der Waals surface area contributed by atoms with Crippen LogP contribution in [0.3, 0.4) is 0 Å². The third-order valence-corrected chi connectivity index (χ3v) is 3.82. The Labute approximate surface area is 118 Å². The van der Waals surface area contributed by atoms with E-state index >= 15 is 0 Å². The number of likely N-dealkylation sites (tertiary alicyclic amines) is 1. The number of ether oxygens (including phenoxy) is 2. The van der Waals surface area contributed by atoms with Crippen molar-refractivity contribution in [3.63, 3.8) is 0 Å². The quantitative estimate of drug-likeness (QED) is 0.650. The van der Waals surface area contributed by atoms with Gasteiger partial charge in [0, 0.05) is 25.8 Å². The summed E-state index contributed by atoms with van der Waals surface area (Å²) in [5.41, 5.74) is 0. The Bertz CT molecular complexity index is 212. The fourth-order valence-corrected chi connectivity index (χ4v) is 2.56. The normalized spacial score (nSPS) is 21.8. The lowest BCUT2D eigenvalue weighted by molar-refractivity contribution is 0.0692. The molecule has 1 saturated heterocycles.